The van der Waals surface area contributed by atoms with Gasteiger partial charge in [0.05, 0.1) is 6.04 Å². The van der Waals surface area contributed by atoms with Gasteiger partial charge in [0.25, 0.3) is 0 Å². The summed E-state index contributed by atoms with van der Waals surface area (Å²) in [7, 11) is 0. The monoisotopic (exact) mass is 215 g/mol. The third kappa shape index (κ3) is 6.47. The van der Waals surface area contributed by atoms with Gasteiger partial charge >= 0.3 is 0 Å². The number of carbonyl (C=O) groups excluding carboxylic acids is 1. The van der Waals surface area contributed by atoms with E-state index in [1.54, 1.807) is 0 Å². The highest BCUT2D eigenvalue weighted by molar-refractivity contribution is 5.80. The fraction of sp³-hybridized carbons (Fsp3) is 0.909. The van der Waals surface area contributed by atoms with Crippen LogP contribution in [0.15, 0.2) is 0 Å². The first kappa shape index (κ1) is 14.4. The first-order chi connectivity index (χ1) is 7.01. The van der Waals surface area contributed by atoms with E-state index in [0.29, 0.717) is 6.54 Å². The van der Waals surface area contributed by atoms with Crippen molar-refractivity contribution in [1.29, 1.82) is 0 Å². The summed E-state index contributed by atoms with van der Waals surface area (Å²) in [6, 6.07) is 0.0410. The van der Waals surface area contributed by atoms with E-state index in [2.05, 4.69) is 24.1 Å². The van der Waals surface area contributed by atoms with Crippen molar-refractivity contribution in [3.05, 3.63) is 0 Å². The molecule has 90 valence electrons. The molecule has 0 aromatic carbocycles. The van der Waals surface area contributed by atoms with E-state index < -0.39 is 0 Å². The Morgan fingerprint density at radius 3 is 2.33 bits per heavy atom. The lowest BCUT2D eigenvalue weighted by atomic mass is 10.2. The summed E-state index contributed by atoms with van der Waals surface area (Å²) in [6.07, 6.45) is 1.10. The predicted molar refractivity (Wildman–Crippen MR) is 63.7 cm³/mol. The van der Waals surface area contributed by atoms with Crippen LogP contribution in [-0.2, 0) is 4.79 Å². The molecule has 0 fully saturated rings. The van der Waals surface area contributed by atoms with Gasteiger partial charge in [-0.05, 0) is 19.5 Å². The Labute approximate surface area is 93.2 Å². The van der Waals surface area contributed by atoms with Crippen molar-refractivity contribution in [2.24, 2.45) is 5.73 Å². The minimum Gasteiger partial charge on any atom is -0.368 e. The van der Waals surface area contributed by atoms with Gasteiger partial charge < -0.3 is 16.0 Å². The molecule has 0 saturated heterocycles. The number of hydrogen-bond donors (Lipinski definition) is 2. The van der Waals surface area contributed by atoms with Gasteiger partial charge in [-0.1, -0.05) is 27.7 Å². The van der Waals surface area contributed by atoms with Crippen molar-refractivity contribution in [2.75, 3.05) is 19.6 Å². The van der Waals surface area contributed by atoms with Crippen molar-refractivity contribution in [1.82, 2.24) is 10.2 Å². The van der Waals surface area contributed by atoms with Gasteiger partial charge in [-0.2, -0.15) is 0 Å². The Hall–Kier alpha value is -0.610. The summed E-state index contributed by atoms with van der Waals surface area (Å²) in [5.74, 6) is -0.266. The van der Waals surface area contributed by atoms with Crippen molar-refractivity contribution < 1.29 is 4.79 Å². The lowest BCUT2D eigenvalue weighted by Crippen LogP contribution is -2.51. The minimum atomic E-state index is -0.266. The number of nitrogens with zero attached hydrogens (tertiary/aromatic N) is 1. The number of primary amides is 1. The van der Waals surface area contributed by atoms with Gasteiger partial charge in [-0.25, -0.2) is 0 Å². The molecular weight excluding hydrogens is 190 g/mol. The number of nitrogens with one attached hydrogen (secondary N) is 1. The van der Waals surface area contributed by atoms with E-state index in [1.165, 1.54) is 0 Å². The van der Waals surface area contributed by atoms with Crippen molar-refractivity contribution in [2.45, 2.75) is 46.2 Å². The molecule has 4 nitrogen and oxygen atoms in total. The molecule has 0 aromatic heterocycles. The summed E-state index contributed by atoms with van der Waals surface area (Å²) in [6.45, 7) is 11.0. The van der Waals surface area contributed by atoms with Crippen LogP contribution in [0.2, 0.25) is 0 Å². The lowest BCUT2D eigenvalue weighted by molar-refractivity contribution is -0.120. The molecule has 1 amide bonds. The Balaban J connectivity index is 4.18. The molecule has 0 aliphatic carbocycles. The van der Waals surface area contributed by atoms with Crippen LogP contribution in [0.4, 0.5) is 0 Å². The van der Waals surface area contributed by atoms with Crippen LogP contribution in [0.5, 0.6) is 0 Å². The van der Waals surface area contributed by atoms with Crippen LogP contribution in [0, 0.1) is 0 Å². The van der Waals surface area contributed by atoms with Crippen LogP contribution in [-0.4, -0.2) is 42.5 Å². The molecule has 0 aliphatic rings. The third-order valence-electron chi connectivity index (χ3n) is 2.31. The Morgan fingerprint density at radius 1 is 1.40 bits per heavy atom. The van der Waals surface area contributed by atoms with E-state index in [-0.39, 0.29) is 18.0 Å². The highest BCUT2D eigenvalue weighted by Gasteiger charge is 2.18. The number of likely N-dealkylation sites (N-methyl/N-ethyl adjacent to an activating group) is 1. The van der Waals surface area contributed by atoms with Crippen molar-refractivity contribution in [3.63, 3.8) is 0 Å². The topological polar surface area (TPSA) is 58.4 Å². The average Bonchev–Trinajstić information content (AvgIpc) is 2.14. The quantitative estimate of drug-likeness (QED) is 0.622. The molecule has 0 heterocycles. The van der Waals surface area contributed by atoms with Crippen molar-refractivity contribution in [3.8, 4) is 0 Å². The van der Waals surface area contributed by atoms with Gasteiger partial charge in [0.2, 0.25) is 5.91 Å². The maximum atomic E-state index is 11.2. The number of amides is 1. The van der Waals surface area contributed by atoms with E-state index in [4.69, 9.17) is 5.73 Å². The Morgan fingerprint density at radius 2 is 2.00 bits per heavy atom. The highest BCUT2D eigenvalue weighted by Crippen LogP contribution is 1.96. The van der Waals surface area contributed by atoms with Gasteiger partial charge in [-0.3, -0.25) is 4.79 Å². The number of nitrogens with two attached hydrogens (primary N) is 1. The van der Waals surface area contributed by atoms with Gasteiger partial charge in [0, 0.05) is 12.6 Å². The normalized spacial score (nSPS) is 13.5. The average molecular weight is 215 g/mol. The molecular formula is C11H25N3O. The highest BCUT2D eigenvalue weighted by atomic mass is 16.1. The summed E-state index contributed by atoms with van der Waals surface area (Å²) in [5, 5.41) is 3.19. The molecule has 0 radical (unpaired) electrons. The van der Waals surface area contributed by atoms with Crippen LogP contribution in [0.3, 0.4) is 0 Å². The lowest BCUT2D eigenvalue weighted by Gasteiger charge is -2.26. The predicted octanol–water partition coefficient (Wildman–Crippen LogP) is 0.570. The smallest absolute Gasteiger partial charge is 0.235 e. The molecule has 0 aromatic rings. The Kier molecular flexibility index (Phi) is 7.34. The summed E-state index contributed by atoms with van der Waals surface area (Å²) < 4.78 is 0. The van der Waals surface area contributed by atoms with Gasteiger partial charge in [-0.15, -0.1) is 0 Å². The first-order valence-corrected chi connectivity index (χ1v) is 5.78. The molecule has 0 spiro atoms. The number of rotatable bonds is 8. The molecule has 0 aliphatic heterocycles. The first-order valence-electron chi connectivity index (χ1n) is 5.78. The van der Waals surface area contributed by atoms with E-state index in [1.807, 2.05) is 13.8 Å². The SMILES string of the molecule is CCCN(CC)CC(NC(C)C)C(N)=O. The molecule has 0 rings (SSSR count). The zero-order valence-corrected chi connectivity index (χ0v) is 10.4. The van der Waals surface area contributed by atoms with E-state index >= 15 is 0 Å². The number of carbonyl (C=O) groups is 1. The molecule has 1 unspecified atom stereocenters. The maximum Gasteiger partial charge on any atom is 0.235 e. The Bertz CT molecular complexity index is 183. The molecule has 4 heteroatoms. The van der Waals surface area contributed by atoms with Crippen LogP contribution in [0.25, 0.3) is 0 Å². The second-order valence-electron chi connectivity index (χ2n) is 4.17. The van der Waals surface area contributed by atoms with Gasteiger partial charge in [0.15, 0.2) is 0 Å². The second-order valence-corrected chi connectivity index (χ2v) is 4.17. The third-order valence-corrected chi connectivity index (χ3v) is 2.31. The van der Waals surface area contributed by atoms with Crippen molar-refractivity contribution >= 4 is 5.91 Å². The fourth-order valence-electron chi connectivity index (χ4n) is 1.58. The van der Waals surface area contributed by atoms with Crippen LogP contribution < -0.4 is 11.1 Å². The zero-order chi connectivity index (χ0) is 11.8. The minimum absolute atomic E-state index is 0.239. The molecule has 0 bridgehead atoms. The van der Waals surface area contributed by atoms with Crippen LogP contribution >= 0.6 is 0 Å². The second kappa shape index (κ2) is 7.65. The zero-order valence-electron chi connectivity index (χ0n) is 10.4. The van der Waals surface area contributed by atoms with E-state index in [0.717, 1.165) is 19.5 Å². The largest absolute Gasteiger partial charge is 0.368 e. The molecule has 15 heavy (non-hydrogen) atoms. The van der Waals surface area contributed by atoms with Gasteiger partial charge in [0.1, 0.15) is 0 Å². The number of hydrogen-bond acceptors (Lipinski definition) is 3. The molecule has 1 atom stereocenters. The summed E-state index contributed by atoms with van der Waals surface area (Å²) in [5.41, 5.74) is 5.36. The van der Waals surface area contributed by atoms with E-state index in [9.17, 15) is 4.79 Å². The summed E-state index contributed by atoms with van der Waals surface area (Å²) >= 11 is 0. The summed E-state index contributed by atoms with van der Waals surface area (Å²) in [4.78, 5) is 13.5. The molecule has 3 N–H and O–H groups in total. The molecule has 0 saturated carbocycles. The standard InChI is InChI=1S/C11H25N3O/c1-5-7-14(6-2)8-10(11(12)15)13-9(3)4/h9-10,13H,5-8H2,1-4H3,(H2,12,15). The van der Waals surface area contributed by atoms with Crippen LogP contribution in [0.1, 0.15) is 34.1 Å². The fourth-order valence-corrected chi connectivity index (χ4v) is 1.58. The maximum absolute atomic E-state index is 11.2.